The van der Waals surface area contributed by atoms with Crippen molar-refractivity contribution in [1.82, 2.24) is 0 Å². The first kappa shape index (κ1) is 21.6. The van der Waals surface area contributed by atoms with E-state index in [-0.39, 0.29) is 6.29 Å². The van der Waals surface area contributed by atoms with E-state index in [2.05, 4.69) is 6.92 Å². The van der Waals surface area contributed by atoms with Gasteiger partial charge in [0.15, 0.2) is 6.29 Å². The second-order valence-corrected chi connectivity index (χ2v) is 9.60. The van der Waals surface area contributed by atoms with Gasteiger partial charge in [0.2, 0.25) is 0 Å². The lowest BCUT2D eigenvalue weighted by molar-refractivity contribution is -0.147. The zero-order chi connectivity index (χ0) is 19.1. The highest BCUT2D eigenvalue weighted by molar-refractivity contribution is 4.86. The number of rotatable bonds is 8. The zero-order valence-electron chi connectivity index (χ0n) is 18.2. The maximum absolute atomic E-state index is 5.99. The van der Waals surface area contributed by atoms with Crippen molar-refractivity contribution < 1.29 is 14.2 Å². The molecule has 0 aliphatic heterocycles. The molecule has 3 heteroatoms. The maximum atomic E-state index is 5.99. The van der Waals surface area contributed by atoms with Crippen LogP contribution in [-0.4, -0.2) is 33.2 Å². The van der Waals surface area contributed by atoms with Gasteiger partial charge in [-0.2, -0.15) is 0 Å². The van der Waals surface area contributed by atoms with E-state index in [9.17, 15) is 0 Å². The molecule has 0 heterocycles. The topological polar surface area (TPSA) is 27.7 Å². The predicted octanol–water partition coefficient (Wildman–Crippen LogP) is 6.20. The van der Waals surface area contributed by atoms with Crippen LogP contribution in [0.25, 0.3) is 0 Å². The summed E-state index contributed by atoms with van der Waals surface area (Å²) < 4.78 is 17.0. The average Bonchev–Trinajstić information content (AvgIpc) is 2.74. The van der Waals surface area contributed by atoms with Crippen molar-refractivity contribution in [1.29, 1.82) is 0 Å². The standard InChI is InChI=1S/C24H44O3/c1-4-17-27-23-15-13-21(14-16-23)19-7-5-18(6-8-19)20-9-11-22(12-10-20)24(25-2)26-3/h18-24H,4-17H2,1-3H3. The van der Waals surface area contributed by atoms with Gasteiger partial charge in [0.1, 0.15) is 0 Å². The molecule has 3 rings (SSSR count). The Labute approximate surface area is 167 Å². The van der Waals surface area contributed by atoms with E-state index in [1.807, 2.05) is 0 Å². The summed E-state index contributed by atoms with van der Waals surface area (Å²) in [7, 11) is 3.57. The summed E-state index contributed by atoms with van der Waals surface area (Å²) in [6, 6.07) is 0. The fraction of sp³-hybridized carbons (Fsp3) is 1.00. The van der Waals surface area contributed by atoms with Crippen molar-refractivity contribution in [3.05, 3.63) is 0 Å². The summed E-state index contributed by atoms with van der Waals surface area (Å²) in [5.41, 5.74) is 0. The normalized spacial score (nSPS) is 38.2. The Balaban J connectivity index is 1.35. The molecule has 0 bridgehead atoms. The van der Waals surface area contributed by atoms with Gasteiger partial charge in [0.05, 0.1) is 6.10 Å². The van der Waals surface area contributed by atoms with E-state index in [1.165, 1.54) is 77.0 Å². The summed E-state index contributed by atoms with van der Waals surface area (Å²) in [5.74, 6) is 4.57. The Kier molecular flexibility index (Phi) is 8.93. The van der Waals surface area contributed by atoms with Gasteiger partial charge in [-0.05, 0) is 107 Å². The van der Waals surface area contributed by atoms with Crippen molar-refractivity contribution in [3.63, 3.8) is 0 Å². The van der Waals surface area contributed by atoms with Gasteiger partial charge in [-0.1, -0.05) is 6.92 Å². The highest BCUT2D eigenvalue weighted by Gasteiger charge is 2.36. The SMILES string of the molecule is CCCOC1CCC(C2CCC(C3CCC(C(OC)OC)CC3)CC2)CC1. The van der Waals surface area contributed by atoms with Crippen LogP contribution >= 0.6 is 0 Å². The lowest BCUT2D eigenvalue weighted by atomic mass is 9.65. The molecule has 0 N–H and O–H groups in total. The van der Waals surface area contributed by atoms with Gasteiger partial charge < -0.3 is 14.2 Å². The van der Waals surface area contributed by atoms with Crippen LogP contribution in [-0.2, 0) is 14.2 Å². The van der Waals surface area contributed by atoms with E-state index in [0.717, 1.165) is 36.7 Å². The van der Waals surface area contributed by atoms with Gasteiger partial charge >= 0.3 is 0 Å². The predicted molar refractivity (Wildman–Crippen MR) is 111 cm³/mol. The molecule has 27 heavy (non-hydrogen) atoms. The van der Waals surface area contributed by atoms with Crippen LogP contribution in [0.1, 0.15) is 90.4 Å². The van der Waals surface area contributed by atoms with Crippen molar-refractivity contribution in [2.75, 3.05) is 20.8 Å². The minimum Gasteiger partial charge on any atom is -0.378 e. The first-order valence-corrected chi connectivity index (χ1v) is 11.9. The molecule has 3 saturated carbocycles. The van der Waals surface area contributed by atoms with Gasteiger partial charge in [0.25, 0.3) is 0 Å². The third kappa shape index (κ3) is 5.93. The zero-order valence-corrected chi connectivity index (χ0v) is 18.2. The Bertz CT molecular complexity index is 384. The molecule has 0 amide bonds. The van der Waals surface area contributed by atoms with Crippen molar-refractivity contribution >= 4 is 0 Å². The molecule has 3 nitrogen and oxygen atoms in total. The summed E-state index contributed by atoms with van der Waals surface area (Å²) >= 11 is 0. The van der Waals surface area contributed by atoms with Gasteiger partial charge in [-0.3, -0.25) is 0 Å². The molecule has 158 valence electrons. The van der Waals surface area contributed by atoms with Crippen molar-refractivity contribution in [3.8, 4) is 0 Å². The minimum absolute atomic E-state index is 0.0121. The van der Waals surface area contributed by atoms with Crippen LogP contribution < -0.4 is 0 Å². The monoisotopic (exact) mass is 380 g/mol. The molecule has 3 aliphatic rings. The fourth-order valence-electron chi connectivity index (χ4n) is 6.47. The molecular weight excluding hydrogens is 336 g/mol. The van der Waals surface area contributed by atoms with Crippen LogP contribution in [0.4, 0.5) is 0 Å². The Hall–Kier alpha value is -0.120. The minimum atomic E-state index is 0.0121. The summed E-state index contributed by atoms with van der Waals surface area (Å²) in [5, 5.41) is 0. The molecule has 0 unspecified atom stereocenters. The molecule has 3 aliphatic carbocycles. The number of hydrogen-bond acceptors (Lipinski definition) is 3. The van der Waals surface area contributed by atoms with E-state index in [4.69, 9.17) is 14.2 Å². The number of ether oxygens (including phenoxy) is 3. The van der Waals surface area contributed by atoms with Gasteiger partial charge in [-0.25, -0.2) is 0 Å². The Morgan fingerprint density at radius 3 is 1.44 bits per heavy atom. The largest absolute Gasteiger partial charge is 0.378 e. The van der Waals surface area contributed by atoms with Gasteiger partial charge in [0, 0.05) is 26.7 Å². The third-order valence-corrected chi connectivity index (χ3v) is 8.09. The van der Waals surface area contributed by atoms with Gasteiger partial charge in [-0.15, -0.1) is 0 Å². The fourth-order valence-corrected chi connectivity index (χ4v) is 6.47. The molecule has 0 aromatic heterocycles. The third-order valence-electron chi connectivity index (χ3n) is 8.09. The summed E-state index contributed by atoms with van der Waals surface area (Å²) in [6.45, 7) is 3.17. The first-order valence-electron chi connectivity index (χ1n) is 11.9. The van der Waals surface area contributed by atoms with Crippen LogP contribution in [0, 0.1) is 29.6 Å². The van der Waals surface area contributed by atoms with Crippen molar-refractivity contribution in [2.45, 2.75) is 103 Å². The smallest absolute Gasteiger partial charge is 0.159 e. The highest BCUT2D eigenvalue weighted by Crippen LogP contribution is 2.46. The molecule has 0 atom stereocenters. The second-order valence-electron chi connectivity index (χ2n) is 9.60. The first-order chi connectivity index (χ1) is 13.2. The molecule has 0 aromatic carbocycles. The maximum Gasteiger partial charge on any atom is 0.159 e. The summed E-state index contributed by atoms with van der Waals surface area (Å²) in [4.78, 5) is 0. The quantitative estimate of drug-likeness (QED) is 0.469. The molecule has 3 fully saturated rings. The molecule has 0 radical (unpaired) electrons. The second kappa shape index (κ2) is 11.2. The Morgan fingerprint density at radius 2 is 1.04 bits per heavy atom. The average molecular weight is 381 g/mol. The molecule has 0 saturated heterocycles. The Morgan fingerprint density at radius 1 is 0.630 bits per heavy atom. The molecular formula is C24H44O3. The van der Waals surface area contributed by atoms with Crippen LogP contribution in [0.3, 0.4) is 0 Å². The number of methoxy groups -OCH3 is 2. The van der Waals surface area contributed by atoms with Crippen LogP contribution in [0.5, 0.6) is 0 Å². The van der Waals surface area contributed by atoms with E-state index < -0.39 is 0 Å². The van der Waals surface area contributed by atoms with Crippen LogP contribution in [0.15, 0.2) is 0 Å². The lowest BCUT2D eigenvalue weighted by Gasteiger charge is -2.41. The van der Waals surface area contributed by atoms with Crippen molar-refractivity contribution in [2.24, 2.45) is 29.6 Å². The van der Waals surface area contributed by atoms with Crippen LogP contribution in [0.2, 0.25) is 0 Å². The lowest BCUT2D eigenvalue weighted by Crippen LogP contribution is -2.33. The van der Waals surface area contributed by atoms with E-state index >= 15 is 0 Å². The highest BCUT2D eigenvalue weighted by atomic mass is 16.7. The molecule has 0 spiro atoms. The summed E-state index contributed by atoms with van der Waals surface area (Å²) in [6.07, 6.45) is 18.5. The van der Waals surface area contributed by atoms with E-state index in [1.54, 1.807) is 14.2 Å². The number of hydrogen-bond donors (Lipinski definition) is 0. The molecule has 0 aromatic rings. The van der Waals surface area contributed by atoms with E-state index in [0.29, 0.717) is 12.0 Å².